The molecule has 8 nitrogen and oxygen atoms in total. The first-order valence-electron chi connectivity index (χ1n) is 8.23. The minimum absolute atomic E-state index is 0.141. The van der Waals surface area contributed by atoms with Crippen LogP contribution in [-0.4, -0.2) is 64.3 Å². The molecule has 1 aliphatic heterocycles. The summed E-state index contributed by atoms with van der Waals surface area (Å²) in [7, 11) is -1.18. The molecule has 3 N–H and O–H groups in total. The number of aliphatic imine (C=N–C) groups is 1. The summed E-state index contributed by atoms with van der Waals surface area (Å²) >= 11 is 0. The van der Waals surface area contributed by atoms with Crippen LogP contribution in [0, 0.1) is 5.92 Å². The molecule has 24 heavy (non-hydrogen) atoms. The minimum Gasteiger partial charge on any atom is -0.444 e. The molecule has 0 aromatic carbocycles. The van der Waals surface area contributed by atoms with Crippen LogP contribution in [0.2, 0.25) is 0 Å². The Bertz CT molecular complexity index is 540. The Labute approximate surface area is 144 Å². The van der Waals surface area contributed by atoms with Crippen molar-refractivity contribution < 1.29 is 17.9 Å². The quantitative estimate of drug-likeness (QED) is 0.361. The summed E-state index contributed by atoms with van der Waals surface area (Å²) in [5.74, 6) is 1.30. The largest absolute Gasteiger partial charge is 0.444 e. The van der Waals surface area contributed by atoms with Gasteiger partial charge in [-0.15, -0.1) is 0 Å². The summed E-state index contributed by atoms with van der Waals surface area (Å²) in [5, 5.41) is 8.96. The van der Waals surface area contributed by atoms with Crippen molar-refractivity contribution in [3.8, 4) is 0 Å². The number of carbonyl (C=O) groups is 1. The SMILES string of the molecule is CN=C(NCCCNC(=O)OC(C)(C)C)NCC1CCS(=O)(=O)C1. The van der Waals surface area contributed by atoms with Crippen LogP contribution in [0.5, 0.6) is 0 Å². The number of hydrogen-bond donors (Lipinski definition) is 3. The Morgan fingerprint density at radius 1 is 1.21 bits per heavy atom. The Morgan fingerprint density at radius 2 is 1.88 bits per heavy atom. The van der Waals surface area contributed by atoms with E-state index in [2.05, 4.69) is 20.9 Å². The number of carbonyl (C=O) groups excluding carboxylic acids is 1. The van der Waals surface area contributed by atoms with Gasteiger partial charge in [-0.2, -0.15) is 0 Å². The van der Waals surface area contributed by atoms with Crippen molar-refractivity contribution in [2.24, 2.45) is 10.9 Å². The van der Waals surface area contributed by atoms with Crippen LogP contribution in [-0.2, 0) is 14.6 Å². The Kier molecular flexibility index (Phi) is 7.78. The molecule has 0 radical (unpaired) electrons. The number of guanidine groups is 1. The van der Waals surface area contributed by atoms with Gasteiger partial charge in [0.15, 0.2) is 15.8 Å². The lowest BCUT2D eigenvalue weighted by molar-refractivity contribution is 0.0527. The van der Waals surface area contributed by atoms with Gasteiger partial charge in [0, 0.05) is 26.7 Å². The maximum atomic E-state index is 11.5. The third-order valence-electron chi connectivity index (χ3n) is 3.42. The van der Waals surface area contributed by atoms with Crippen molar-refractivity contribution >= 4 is 21.9 Å². The molecule has 0 aromatic rings. The predicted octanol–water partition coefficient (Wildman–Crippen LogP) is 0.501. The third-order valence-corrected chi connectivity index (χ3v) is 5.26. The molecule has 0 bridgehead atoms. The van der Waals surface area contributed by atoms with Gasteiger partial charge in [-0.1, -0.05) is 0 Å². The second-order valence-electron chi connectivity index (χ2n) is 6.93. The zero-order chi connectivity index (χ0) is 18.2. The second kappa shape index (κ2) is 9.10. The van der Waals surface area contributed by atoms with Gasteiger partial charge in [0.2, 0.25) is 0 Å². The molecule has 1 rings (SSSR count). The van der Waals surface area contributed by atoms with Crippen LogP contribution in [0.25, 0.3) is 0 Å². The Balaban J connectivity index is 2.13. The van der Waals surface area contributed by atoms with E-state index in [0.717, 1.165) is 6.42 Å². The van der Waals surface area contributed by atoms with Crippen molar-refractivity contribution in [1.29, 1.82) is 0 Å². The number of rotatable bonds is 6. The van der Waals surface area contributed by atoms with E-state index in [4.69, 9.17) is 4.74 Å². The normalized spacial score (nSPS) is 20.5. The molecule has 1 amide bonds. The molecule has 0 spiro atoms. The molecule has 1 saturated heterocycles. The van der Waals surface area contributed by atoms with Crippen LogP contribution in [0.3, 0.4) is 0 Å². The summed E-state index contributed by atoms with van der Waals surface area (Å²) in [6.45, 7) is 7.19. The highest BCUT2D eigenvalue weighted by Crippen LogP contribution is 2.17. The van der Waals surface area contributed by atoms with Gasteiger partial charge in [-0.05, 0) is 39.5 Å². The van der Waals surface area contributed by atoms with Crippen LogP contribution < -0.4 is 16.0 Å². The van der Waals surface area contributed by atoms with Crippen LogP contribution in [0.1, 0.15) is 33.6 Å². The van der Waals surface area contributed by atoms with E-state index in [9.17, 15) is 13.2 Å². The highest BCUT2D eigenvalue weighted by molar-refractivity contribution is 7.91. The van der Waals surface area contributed by atoms with Crippen molar-refractivity contribution in [3.63, 3.8) is 0 Å². The number of nitrogens with one attached hydrogen (secondary N) is 3. The number of sulfone groups is 1. The molecule has 1 fully saturated rings. The molecule has 1 unspecified atom stereocenters. The number of hydrogen-bond acceptors (Lipinski definition) is 5. The van der Waals surface area contributed by atoms with E-state index in [1.165, 1.54) is 0 Å². The lowest BCUT2D eigenvalue weighted by atomic mass is 10.1. The number of ether oxygens (including phenoxy) is 1. The summed E-state index contributed by atoms with van der Waals surface area (Å²) in [5.41, 5.74) is -0.498. The summed E-state index contributed by atoms with van der Waals surface area (Å²) < 4.78 is 28.0. The fraction of sp³-hybridized carbons (Fsp3) is 0.867. The third kappa shape index (κ3) is 8.95. The molecule has 0 aromatic heterocycles. The van der Waals surface area contributed by atoms with Crippen LogP contribution in [0.4, 0.5) is 4.79 Å². The van der Waals surface area contributed by atoms with E-state index in [-0.39, 0.29) is 17.4 Å². The summed E-state index contributed by atoms with van der Waals surface area (Å²) in [6, 6.07) is 0. The van der Waals surface area contributed by atoms with Crippen LogP contribution >= 0.6 is 0 Å². The molecule has 9 heteroatoms. The Morgan fingerprint density at radius 3 is 2.42 bits per heavy atom. The van der Waals surface area contributed by atoms with Gasteiger partial charge in [0.1, 0.15) is 5.60 Å². The molecular formula is C15H30N4O4S. The van der Waals surface area contributed by atoms with Gasteiger partial charge in [-0.3, -0.25) is 4.99 Å². The van der Waals surface area contributed by atoms with Crippen molar-refractivity contribution in [3.05, 3.63) is 0 Å². The topological polar surface area (TPSA) is 109 Å². The van der Waals surface area contributed by atoms with Gasteiger partial charge in [-0.25, -0.2) is 13.2 Å². The maximum absolute atomic E-state index is 11.5. The van der Waals surface area contributed by atoms with E-state index in [0.29, 0.717) is 32.0 Å². The zero-order valence-electron chi connectivity index (χ0n) is 15.0. The zero-order valence-corrected chi connectivity index (χ0v) is 15.8. The van der Waals surface area contributed by atoms with E-state index < -0.39 is 21.5 Å². The molecule has 0 aliphatic carbocycles. The smallest absolute Gasteiger partial charge is 0.407 e. The van der Waals surface area contributed by atoms with Crippen LogP contribution in [0.15, 0.2) is 4.99 Å². The Hall–Kier alpha value is -1.51. The fourth-order valence-corrected chi connectivity index (χ4v) is 4.16. The molecule has 0 saturated carbocycles. The van der Waals surface area contributed by atoms with Gasteiger partial charge in [0.25, 0.3) is 0 Å². The fourth-order valence-electron chi connectivity index (χ4n) is 2.29. The first-order chi connectivity index (χ1) is 11.1. The van der Waals surface area contributed by atoms with E-state index in [1.807, 2.05) is 20.8 Å². The van der Waals surface area contributed by atoms with Gasteiger partial charge in [0.05, 0.1) is 11.5 Å². The molecule has 1 heterocycles. The minimum atomic E-state index is -2.85. The monoisotopic (exact) mass is 362 g/mol. The standard InChI is InChI=1S/C15H30N4O4S/c1-15(2,3)23-14(20)18-8-5-7-17-13(16-4)19-10-12-6-9-24(21,22)11-12/h12H,5-11H2,1-4H3,(H,18,20)(H2,16,17,19). The number of alkyl carbamates (subject to hydrolysis) is 1. The predicted molar refractivity (Wildman–Crippen MR) is 95.0 cm³/mol. The van der Waals surface area contributed by atoms with E-state index >= 15 is 0 Å². The first kappa shape index (κ1) is 20.5. The lowest BCUT2D eigenvalue weighted by Crippen LogP contribution is -2.41. The average molecular weight is 362 g/mol. The average Bonchev–Trinajstić information content (AvgIpc) is 2.79. The highest BCUT2D eigenvalue weighted by Gasteiger charge is 2.27. The van der Waals surface area contributed by atoms with Crippen molar-refractivity contribution in [2.45, 2.75) is 39.2 Å². The highest BCUT2D eigenvalue weighted by atomic mass is 32.2. The summed E-state index contributed by atoms with van der Waals surface area (Å²) in [6.07, 6.45) is 0.997. The van der Waals surface area contributed by atoms with Gasteiger partial charge < -0.3 is 20.7 Å². The molecule has 1 atom stereocenters. The summed E-state index contributed by atoms with van der Waals surface area (Å²) in [4.78, 5) is 15.6. The number of nitrogens with zero attached hydrogens (tertiary/aromatic N) is 1. The lowest BCUT2D eigenvalue weighted by Gasteiger charge is -2.19. The molecule has 140 valence electrons. The second-order valence-corrected chi connectivity index (χ2v) is 9.16. The van der Waals surface area contributed by atoms with Crippen molar-refractivity contribution in [2.75, 3.05) is 38.2 Å². The molecular weight excluding hydrogens is 332 g/mol. The number of amides is 1. The van der Waals surface area contributed by atoms with Crippen molar-refractivity contribution in [1.82, 2.24) is 16.0 Å². The van der Waals surface area contributed by atoms with E-state index in [1.54, 1.807) is 7.05 Å². The van der Waals surface area contributed by atoms with Gasteiger partial charge >= 0.3 is 6.09 Å². The maximum Gasteiger partial charge on any atom is 0.407 e. The molecule has 1 aliphatic rings. The first-order valence-corrected chi connectivity index (χ1v) is 10.1.